The van der Waals surface area contributed by atoms with Crippen molar-refractivity contribution in [2.45, 2.75) is 6.92 Å². The second kappa shape index (κ2) is 8.31. The van der Waals surface area contributed by atoms with Gasteiger partial charge in [-0.3, -0.25) is 9.78 Å². The Labute approximate surface area is 142 Å². The first kappa shape index (κ1) is 17.7. The van der Waals surface area contributed by atoms with Crippen molar-refractivity contribution in [3.63, 3.8) is 0 Å². The summed E-state index contributed by atoms with van der Waals surface area (Å²) in [6, 6.07) is 7.65. The van der Waals surface area contributed by atoms with Crippen LogP contribution in [-0.2, 0) is 0 Å². The largest absolute Gasteiger partial charge is 0.495 e. The Morgan fingerprint density at radius 2 is 2.04 bits per heavy atom. The van der Waals surface area contributed by atoms with Crippen LogP contribution >= 0.6 is 0 Å². The molecule has 0 aliphatic carbocycles. The lowest BCUT2D eigenvalue weighted by atomic mass is 10.2. The van der Waals surface area contributed by atoms with Gasteiger partial charge >= 0.3 is 0 Å². The smallest absolute Gasteiger partial charge is 0.252 e. The second-order valence-electron chi connectivity index (χ2n) is 5.85. The first-order chi connectivity index (χ1) is 11.5. The Morgan fingerprint density at radius 3 is 2.75 bits per heavy atom. The van der Waals surface area contributed by atoms with E-state index in [4.69, 9.17) is 4.74 Å². The van der Waals surface area contributed by atoms with Gasteiger partial charge in [-0.1, -0.05) is 6.07 Å². The number of aryl methyl sites for hydroxylation is 1. The van der Waals surface area contributed by atoms with E-state index in [-0.39, 0.29) is 5.91 Å². The maximum atomic E-state index is 12.2. The van der Waals surface area contributed by atoms with Crippen LogP contribution < -0.4 is 15.4 Å². The summed E-state index contributed by atoms with van der Waals surface area (Å²) in [6.45, 7) is 3.39. The number of anilines is 2. The number of methoxy groups -OCH3 is 1. The molecule has 0 spiro atoms. The average molecular weight is 328 g/mol. The van der Waals surface area contributed by atoms with Gasteiger partial charge in [-0.05, 0) is 44.8 Å². The van der Waals surface area contributed by atoms with Crippen LogP contribution in [0, 0.1) is 6.92 Å². The van der Waals surface area contributed by atoms with Crippen molar-refractivity contribution >= 4 is 17.3 Å². The monoisotopic (exact) mass is 328 g/mol. The molecule has 1 amide bonds. The van der Waals surface area contributed by atoms with Crippen molar-refractivity contribution in [1.29, 1.82) is 0 Å². The highest BCUT2D eigenvalue weighted by Gasteiger charge is 2.09. The van der Waals surface area contributed by atoms with Crippen molar-refractivity contribution in [1.82, 2.24) is 15.2 Å². The summed E-state index contributed by atoms with van der Waals surface area (Å²) in [4.78, 5) is 18.3. The normalized spacial score (nSPS) is 10.5. The van der Waals surface area contributed by atoms with Gasteiger partial charge < -0.3 is 20.3 Å². The lowest BCUT2D eigenvalue weighted by Crippen LogP contribution is -2.31. The van der Waals surface area contributed by atoms with Gasteiger partial charge in [0.05, 0.1) is 30.2 Å². The topological polar surface area (TPSA) is 66.5 Å². The van der Waals surface area contributed by atoms with E-state index in [1.165, 1.54) is 0 Å². The van der Waals surface area contributed by atoms with Gasteiger partial charge in [-0.2, -0.15) is 0 Å². The molecule has 128 valence electrons. The van der Waals surface area contributed by atoms with Crippen LogP contribution in [0.25, 0.3) is 0 Å². The highest BCUT2D eigenvalue weighted by Crippen LogP contribution is 2.28. The lowest BCUT2D eigenvalue weighted by molar-refractivity contribution is 0.0950. The Balaban J connectivity index is 2.10. The van der Waals surface area contributed by atoms with Crippen LogP contribution in [0.2, 0.25) is 0 Å². The number of likely N-dealkylation sites (N-methyl/N-ethyl adjacent to an activating group) is 1. The number of hydrogen-bond acceptors (Lipinski definition) is 5. The number of carbonyl (C=O) groups excluding carboxylic acids is 1. The Kier molecular flexibility index (Phi) is 6.14. The molecule has 2 N–H and O–H groups in total. The third-order valence-electron chi connectivity index (χ3n) is 3.48. The highest BCUT2D eigenvalue weighted by molar-refractivity contribution is 5.94. The zero-order valence-electron chi connectivity index (χ0n) is 14.6. The van der Waals surface area contributed by atoms with E-state index in [0.29, 0.717) is 12.1 Å². The fraction of sp³-hybridized carbons (Fsp3) is 0.333. The van der Waals surface area contributed by atoms with Crippen molar-refractivity contribution in [2.75, 3.05) is 39.6 Å². The fourth-order valence-electron chi connectivity index (χ4n) is 2.20. The SMILES string of the molecule is COc1ccc(C)cc1Nc1cncc(C(=O)NCCN(C)C)c1. The standard InChI is InChI=1S/C18H24N4O2/c1-13-5-6-17(24-4)16(9-13)21-15-10-14(11-19-12-15)18(23)20-7-8-22(2)3/h5-6,9-12,21H,7-8H2,1-4H3,(H,20,23). The molecule has 0 bridgehead atoms. The summed E-state index contributed by atoms with van der Waals surface area (Å²) in [5.74, 6) is 0.602. The van der Waals surface area contributed by atoms with E-state index >= 15 is 0 Å². The molecular formula is C18H24N4O2. The molecule has 0 saturated heterocycles. The third kappa shape index (κ3) is 4.96. The van der Waals surface area contributed by atoms with Crippen LogP contribution in [0.4, 0.5) is 11.4 Å². The molecule has 0 atom stereocenters. The number of nitrogens with zero attached hydrogens (tertiary/aromatic N) is 2. The zero-order valence-corrected chi connectivity index (χ0v) is 14.6. The number of aromatic nitrogens is 1. The lowest BCUT2D eigenvalue weighted by Gasteiger charge is -2.13. The van der Waals surface area contributed by atoms with Gasteiger partial charge in [0, 0.05) is 19.3 Å². The third-order valence-corrected chi connectivity index (χ3v) is 3.48. The molecule has 2 rings (SSSR count). The quantitative estimate of drug-likeness (QED) is 0.817. The van der Waals surface area contributed by atoms with Gasteiger partial charge in [-0.15, -0.1) is 0 Å². The molecule has 0 saturated carbocycles. The summed E-state index contributed by atoms with van der Waals surface area (Å²) < 4.78 is 5.36. The van der Waals surface area contributed by atoms with Gasteiger partial charge in [0.2, 0.25) is 0 Å². The molecule has 2 aromatic rings. The zero-order chi connectivity index (χ0) is 17.5. The highest BCUT2D eigenvalue weighted by atomic mass is 16.5. The summed E-state index contributed by atoms with van der Waals surface area (Å²) in [5, 5.41) is 6.14. The molecule has 0 aliphatic heterocycles. The Morgan fingerprint density at radius 1 is 1.25 bits per heavy atom. The van der Waals surface area contributed by atoms with E-state index in [1.807, 2.05) is 44.1 Å². The number of benzene rings is 1. The summed E-state index contributed by atoms with van der Waals surface area (Å²) in [7, 11) is 5.56. The molecule has 0 radical (unpaired) electrons. The molecule has 0 unspecified atom stereocenters. The summed E-state index contributed by atoms with van der Waals surface area (Å²) in [5.41, 5.74) is 3.21. The van der Waals surface area contributed by atoms with Gasteiger partial charge in [0.15, 0.2) is 0 Å². The number of nitrogens with one attached hydrogen (secondary N) is 2. The van der Waals surface area contributed by atoms with Crippen molar-refractivity contribution in [3.05, 3.63) is 47.8 Å². The van der Waals surface area contributed by atoms with Gasteiger partial charge in [0.25, 0.3) is 5.91 Å². The van der Waals surface area contributed by atoms with Crippen LogP contribution in [0.15, 0.2) is 36.7 Å². The molecule has 0 fully saturated rings. The van der Waals surface area contributed by atoms with Crippen LogP contribution in [-0.4, -0.2) is 50.1 Å². The molecule has 0 aliphatic rings. The molecular weight excluding hydrogens is 304 g/mol. The minimum atomic E-state index is -0.135. The van der Waals surface area contributed by atoms with E-state index in [0.717, 1.165) is 29.2 Å². The summed E-state index contributed by atoms with van der Waals surface area (Å²) >= 11 is 0. The minimum absolute atomic E-state index is 0.135. The van der Waals surface area contributed by atoms with Crippen molar-refractivity contribution in [3.8, 4) is 5.75 Å². The molecule has 1 aromatic heterocycles. The number of hydrogen-bond donors (Lipinski definition) is 2. The summed E-state index contributed by atoms with van der Waals surface area (Å²) in [6.07, 6.45) is 3.24. The molecule has 1 heterocycles. The number of ether oxygens (including phenoxy) is 1. The number of carbonyl (C=O) groups is 1. The number of rotatable bonds is 7. The Hall–Kier alpha value is -2.60. The van der Waals surface area contributed by atoms with Crippen LogP contribution in [0.1, 0.15) is 15.9 Å². The van der Waals surface area contributed by atoms with E-state index in [9.17, 15) is 4.79 Å². The average Bonchev–Trinajstić information content (AvgIpc) is 2.55. The minimum Gasteiger partial charge on any atom is -0.495 e. The van der Waals surface area contributed by atoms with E-state index in [2.05, 4.69) is 15.6 Å². The first-order valence-electron chi connectivity index (χ1n) is 7.79. The van der Waals surface area contributed by atoms with E-state index < -0.39 is 0 Å². The van der Waals surface area contributed by atoms with Crippen molar-refractivity contribution < 1.29 is 9.53 Å². The maximum Gasteiger partial charge on any atom is 0.252 e. The van der Waals surface area contributed by atoms with Gasteiger partial charge in [0.1, 0.15) is 5.75 Å². The van der Waals surface area contributed by atoms with Crippen LogP contribution in [0.5, 0.6) is 5.75 Å². The Bertz CT molecular complexity index is 701. The molecule has 6 heteroatoms. The second-order valence-corrected chi connectivity index (χ2v) is 5.85. The molecule has 6 nitrogen and oxygen atoms in total. The first-order valence-corrected chi connectivity index (χ1v) is 7.79. The predicted octanol–water partition coefficient (Wildman–Crippen LogP) is 2.43. The maximum absolute atomic E-state index is 12.2. The molecule has 1 aromatic carbocycles. The van der Waals surface area contributed by atoms with Crippen molar-refractivity contribution in [2.24, 2.45) is 0 Å². The van der Waals surface area contributed by atoms with Gasteiger partial charge in [-0.25, -0.2) is 0 Å². The van der Waals surface area contributed by atoms with E-state index in [1.54, 1.807) is 25.6 Å². The fourth-order valence-corrected chi connectivity index (χ4v) is 2.20. The van der Waals surface area contributed by atoms with Crippen LogP contribution in [0.3, 0.4) is 0 Å². The molecule has 24 heavy (non-hydrogen) atoms. The number of amides is 1. The predicted molar refractivity (Wildman–Crippen MR) is 96.1 cm³/mol. The number of pyridine rings is 1.